The van der Waals surface area contributed by atoms with Crippen LogP contribution in [0.2, 0.25) is 0 Å². The van der Waals surface area contributed by atoms with Crippen molar-refractivity contribution in [1.82, 2.24) is 25.5 Å². The Morgan fingerprint density at radius 2 is 1.95 bits per heavy atom. The normalized spacial score (nSPS) is 19.4. The summed E-state index contributed by atoms with van der Waals surface area (Å²) in [7, 11) is 0. The third kappa shape index (κ3) is 7.75. The van der Waals surface area contributed by atoms with Gasteiger partial charge in [-0.25, -0.2) is 18.7 Å². The van der Waals surface area contributed by atoms with E-state index >= 15 is 0 Å². The summed E-state index contributed by atoms with van der Waals surface area (Å²) in [5.41, 5.74) is -0.641. The number of amides is 2. The molecule has 1 aromatic heterocycles. The van der Waals surface area contributed by atoms with Gasteiger partial charge in [-0.1, -0.05) is 6.42 Å². The lowest BCUT2D eigenvalue weighted by atomic mass is 9.97. The SMILES string of the molecule is CC(C)(F)CN1CCC(COc2cnc(-c3ccc(C(=O)NC(=O)[C@H]4CCCCN4)cc3F)cn2)CC1. The van der Waals surface area contributed by atoms with E-state index in [-0.39, 0.29) is 11.1 Å². The van der Waals surface area contributed by atoms with Gasteiger partial charge in [-0.05, 0) is 83.3 Å². The number of hydrogen-bond donors (Lipinski definition) is 2. The highest BCUT2D eigenvalue weighted by molar-refractivity contribution is 6.06. The number of nitrogens with one attached hydrogen (secondary N) is 2. The Kier molecular flexibility index (Phi) is 8.81. The smallest absolute Gasteiger partial charge is 0.257 e. The van der Waals surface area contributed by atoms with Gasteiger partial charge in [0.1, 0.15) is 11.5 Å². The van der Waals surface area contributed by atoms with Gasteiger partial charge in [0.2, 0.25) is 11.8 Å². The zero-order valence-electron chi connectivity index (χ0n) is 21.4. The molecule has 2 aliphatic heterocycles. The van der Waals surface area contributed by atoms with Crippen molar-refractivity contribution in [2.24, 2.45) is 5.92 Å². The summed E-state index contributed by atoms with van der Waals surface area (Å²) in [4.78, 5) is 35.4. The first-order valence-corrected chi connectivity index (χ1v) is 12.9. The molecule has 10 heteroatoms. The van der Waals surface area contributed by atoms with Crippen LogP contribution >= 0.6 is 0 Å². The maximum atomic E-state index is 14.8. The van der Waals surface area contributed by atoms with Gasteiger partial charge in [0, 0.05) is 17.7 Å². The highest BCUT2D eigenvalue weighted by Crippen LogP contribution is 2.24. The molecule has 0 spiro atoms. The second-order valence-corrected chi connectivity index (χ2v) is 10.5. The van der Waals surface area contributed by atoms with Crippen LogP contribution in [0.15, 0.2) is 30.6 Å². The highest BCUT2D eigenvalue weighted by Gasteiger charge is 2.26. The number of piperidine rings is 2. The first-order chi connectivity index (χ1) is 17.7. The number of ether oxygens (including phenoxy) is 1. The molecule has 4 rings (SSSR count). The molecule has 2 saturated heterocycles. The molecular formula is C27H35F2N5O3. The van der Waals surface area contributed by atoms with E-state index in [2.05, 4.69) is 25.5 Å². The number of likely N-dealkylation sites (tertiary alicyclic amines) is 1. The van der Waals surface area contributed by atoms with Crippen molar-refractivity contribution in [3.8, 4) is 17.1 Å². The number of carbonyl (C=O) groups is 2. The van der Waals surface area contributed by atoms with E-state index in [4.69, 9.17) is 4.74 Å². The van der Waals surface area contributed by atoms with Crippen molar-refractivity contribution in [3.05, 3.63) is 42.0 Å². The second-order valence-electron chi connectivity index (χ2n) is 10.5. The van der Waals surface area contributed by atoms with E-state index < -0.39 is 29.3 Å². The highest BCUT2D eigenvalue weighted by atomic mass is 19.1. The summed E-state index contributed by atoms with van der Waals surface area (Å²) in [6.07, 6.45) is 7.33. The summed E-state index contributed by atoms with van der Waals surface area (Å²) < 4.78 is 34.4. The largest absolute Gasteiger partial charge is 0.476 e. The Morgan fingerprint density at radius 1 is 1.16 bits per heavy atom. The zero-order chi connectivity index (χ0) is 26.4. The average molecular weight is 516 g/mol. The van der Waals surface area contributed by atoms with Gasteiger partial charge in [-0.2, -0.15) is 0 Å². The van der Waals surface area contributed by atoms with Gasteiger partial charge in [0.05, 0.1) is 30.7 Å². The lowest BCUT2D eigenvalue weighted by Crippen LogP contribution is -2.48. The van der Waals surface area contributed by atoms with E-state index in [1.54, 1.807) is 13.8 Å². The summed E-state index contributed by atoms with van der Waals surface area (Å²) in [5, 5.41) is 5.42. The van der Waals surface area contributed by atoms with Gasteiger partial charge >= 0.3 is 0 Å². The predicted octanol–water partition coefficient (Wildman–Crippen LogP) is 3.52. The van der Waals surface area contributed by atoms with Gasteiger partial charge in [-0.3, -0.25) is 14.9 Å². The molecule has 37 heavy (non-hydrogen) atoms. The molecule has 2 N–H and O–H groups in total. The van der Waals surface area contributed by atoms with Crippen molar-refractivity contribution in [1.29, 1.82) is 0 Å². The molecule has 200 valence electrons. The Balaban J connectivity index is 1.28. The van der Waals surface area contributed by atoms with Crippen LogP contribution in [-0.2, 0) is 4.79 Å². The van der Waals surface area contributed by atoms with Crippen LogP contribution < -0.4 is 15.4 Å². The molecule has 0 saturated carbocycles. The number of halogens is 2. The van der Waals surface area contributed by atoms with Crippen molar-refractivity contribution in [2.75, 3.05) is 32.8 Å². The minimum absolute atomic E-state index is 0.0550. The summed E-state index contributed by atoms with van der Waals surface area (Å²) in [6, 6.07) is 3.59. The third-order valence-corrected chi connectivity index (χ3v) is 6.77. The number of alkyl halides is 1. The minimum Gasteiger partial charge on any atom is -0.476 e. The summed E-state index contributed by atoms with van der Waals surface area (Å²) >= 11 is 0. The fraction of sp³-hybridized carbons (Fsp3) is 0.556. The van der Waals surface area contributed by atoms with Crippen LogP contribution in [0.3, 0.4) is 0 Å². The fourth-order valence-corrected chi connectivity index (χ4v) is 4.79. The van der Waals surface area contributed by atoms with Crippen molar-refractivity contribution >= 4 is 11.8 Å². The summed E-state index contributed by atoms with van der Waals surface area (Å²) in [5.74, 6) is -0.969. The predicted molar refractivity (Wildman–Crippen MR) is 135 cm³/mol. The molecule has 2 aromatic rings. The first kappa shape index (κ1) is 27.1. The molecule has 3 heterocycles. The molecule has 2 fully saturated rings. The van der Waals surface area contributed by atoms with Gasteiger partial charge in [0.25, 0.3) is 5.91 Å². The Bertz CT molecular complexity index is 1080. The lowest BCUT2D eigenvalue weighted by Gasteiger charge is -2.34. The van der Waals surface area contributed by atoms with E-state index in [1.807, 2.05) is 0 Å². The molecule has 0 unspecified atom stereocenters. The molecule has 0 aliphatic carbocycles. The molecule has 2 aliphatic rings. The minimum atomic E-state index is -1.20. The second kappa shape index (κ2) is 12.0. The fourth-order valence-electron chi connectivity index (χ4n) is 4.79. The van der Waals surface area contributed by atoms with Gasteiger partial charge in [0.15, 0.2) is 0 Å². The number of benzene rings is 1. The molecule has 1 aromatic carbocycles. The first-order valence-electron chi connectivity index (χ1n) is 12.9. The average Bonchev–Trinajstić information content (AvgIpc) is 2.88. The Hall–Kier alpha value is -2.98. The number of rotatable bonds is 8. The maximum Gasteiger partial charge on any atom is 0.257 e. The summed E-state index contributed by atoms with van der Waals surface area (Å²) in [6.45, 7) is 6.54. The number of hydrogen-bond acceptors (Lipinski definition) is 7. The van der Waals surface area contributed by atoms with Crippen LogP contribution in [0.5, 0.6) is 5.88 Å². The van der Waals surface area contributed by atoms with E-state index in [0.29, 0.717) is 37.1 Å². The lowest BCUT2D eigenvalue weighted by molar-refractivity contribution is -0.122. The number of aromatic nitrogens is 2. The Morgan fingerprint density at radius 3 is 2.57 bits per heavy atom. The van der Waals surface area contributed by atoms with Crippen LogP contribution in [0, 0.1) is 11.7 Å². The zero-order valence-corrected chi connectivity index (χ0v) is 21.4. The van der Waals surface area contributed by atoms with Crippen LogP contribution in [0.1, 0.15) is 56.3 Å². The van der Waals surface area contributed by atoms with E-state index in [0.717, 1.165) is 51.4 Å². The number of carbonyl (C=O) groups excluding carboxylic acids is 2. The van der Waals surface area contributed by atoms with Crippen LogP contribution in [-0.4, -0.2) is 71.2 Å². The quantitative estimate of drug-likeness (QED) is 0.520. The molecular weight excluding hydrogens is 480 g/mol. The van der Waals surface area contributed by atoms with Crippen LogP contribution in [0.25, 0.3) is 11.3 Å². The third-order valence-electron chi connectivity index (χ3n) is 6.77. The number of imide groups is 1. The Labute approximate surface area is 216 Å². The monoisotopic (exact) mass is 515 g/mol. The molecule has 2 amide bonds. The molecule has 1 atom stereocenters. The molecule has 0 radical (unpaired) electrons. The van der Waals surface area contributed by atoms with Gasteiger partial charge in [-0.15, -0.1) is 0 Å². The van der Waals surface area contributed by atoms with Crippen molar-refractivity contribution < 1.29 is 23.1 Å². The van der Waals surface area contributed by atoms with Crippen LogP contribution in [0.4, 0.5) is 8.78 Å². The number of nitrogens with zero attached hydrogens (tertiary/aromatic N) is 3. The van der Waals surface area contributed by atoms with E-state index in [9.17, 15) is 18.4 Å². The topological polar surface area (TPSA) is 96.5 Å². The van der Waals surface area contributed by atoms with Crippen molar-refractivity contribution in [3.63, 3.8) is 0 Å². The molecule has 8 nitrogen and oxygen atoms in total. The van der Waals surface area contributed by atoms with E-state index in [1.165, 1.54) is 24.5 Å². The maximum absolute atomic E-state index is 14.8. The van der Waals surface area contributed by atoms with Gasteiger partial charge < -0.3 is 15.0 Å². The standard InChI is InChI=1S/C27H35F2N5O3/c1-27(2,29)17-34-11-8-18(9-12-34)16-37-24-15-31-23(14-32-24)20-7-6-19(13-21(20)28)25(35)33-26(36)22-5-3-4-10-30-22/h6-7,13-15,18,22,30H,3-5,8-12,16-17H2,1-2H3,(H,33,35,36)/t22-/m1/s1. The van der Waals surface area contributed by atoms with Crippen molar-refractivity contribution in [2.45, 2.75) is 57.7 Å². The molecule has 0 bridgehead atoms.